The van der Waals surface area contributed by atoms with Gasteiger partial charge in [0.25, 0.3) is 0 Å². The van der Waals surface area contributed by atoms with Crippen LogP contribution in [0.15, 0.2) is 30.3 Å². The van der Waals surface area contributed by atoms with Crippen molar-refractivity contribution in [3.05, 3.63) is 35.9 Å². The van der Waals surface area contributed by atoms with Crippen LogP contribution in [0.3, 0.4) is 0 Å². The maximum atomic E-state index is 13.0. The van der Waals surface area contributed by atoms with E-state index in [1.807, 2.05) is 39.0 Å². The molecule has 0 aliphatic heterocycles. The van der Waals surface area contributed by atoms with Gasteiger partial charge in [-0.2, -0.15) is 0 Å². The van der Waals surface area contributed by atoms with Crippen LogP contribution in [-0.2, 0) is 35.2 Å². The zero-order valence-electron chi connectivity index (χ0n) is 21.2. The number of benzene rings is 1. The molecule has 1 rings (SSSR count). The molecular formula is C24H37N3O7. The highest BCUT2D eigenvalue weighted by molar-refractivity contribution is 5.96. The number of hydrogen-bond donors (Lipinski definition) is 3. The van der Waals surface area contributed by atoms with E-state index >= 15 is 0 Å². The first-order valence-electron chi connectivity index (χ1n) is 10.9. The highest BCUT2D eigenvalue weighted by Crippen LogP contribution is 2.12. The lowest BCUT2D eigenvalue weighted by molar-refractivity contribution is -0.150. The maximum absolute atomic E-state index is 13.0. The third-order valence-electron chi connectivity index (χ3n) is 4.63. The van der Waals surface area contributed by atoms with Gasteiger partial charge in [0, 0.05) is 0 Å². The summed E-state index contributed by atoms with van der Waals surface area (Å²) in [5, 5.41) is 7.65. The normalized spacial score (nSPS) is 12.8. The number of amides is 3. The van der Waals surface area contributed by atoms with Gasteiger partial charge in [-0.05, 0) is 54.0 Å². The minimum atomic E-state index is -1.42. The predicted molar refractivity (Wildman–Crippen MR) is 126 cm³/mol. The monoisotopic (exact) mass is 479 g/mol. The van der Waals surface area contributed by atoms with Crippen LogP contribution >= 0.6 is 0 Å². The van der Waals surface area contributed by atoms with Crippen LogP contribution in [0, 0.1) is 0 Å². The molecule has 1 aromatic carbocycles. The van der Waals surface area contributed by atoms with E-state index in [0.29, 0.717) is 0 Å². The van der Waals surface area contributed by atoms with Crippen molar-refractivity contribution >= 4 is 23.9 Å². The van der Waals surface area contributed by atoms with Crippen LogP contribution in [0.5, 0.6) is 0 Å². The molecule has 0 unspecified atom stereocenters. The van der Waals surface area contributed by atoms with Crippen molar-refractivity contribution in [1.82, 2.24) is 16.0 Å². The summed E-state index contributed by atoms with van der Waals surface area (Å²) in [4.78, 5) is 50.0. The Hall–Kier alpha value is -3.14. The molecule has 0 radical (unpaired) electrons. The Morgan fingerprint density at radius 2 is 1.47 bits per heavy atom. The van der Waals surface area contributed by atoms with Gasteiger partial charge in [-0.25, -0.2) is 9.59 Å². The summed E-state index contributed by atoms with van der Waals surface area (Å²) >= 11 is 0. The topological polar surface area (TPSA) is 132 Å². The minimum absolute atomic E-state index is 0.0254. The molecule has 3 N–H and O–H groups in total. The van der Waals surface area contributed by atoms with E-state index in [0.717, 1.165) is 5.56 Å². The van der Waals surface area contributed by atoms with Crippen molar-refractivity contribution in [1.29, 1.82) is 0 Å². The Kier molecular flexibility index (Phi) is 10.0. The van der Waals surface area contributed by atoms with Gasteiger partial charge in [-0.15, -0.1) is 0 Å². The van der Waals surface area contributed by atoms with E-state index in [4.69, 9.17) is 14.2 Å². The maximum Gasteiger partial charge on any atom is 0.408 e. The molecule has 10 nitrogen and oxygen atoms in total. The van der Waals surface area contributed by atoms with Gasteiger partial charge >= 0.3 is 12.1 Å². The van der Waals surface area contributed by atoms with E-state index in [-0.39, 0.29) is 13.2 Å². The predicted octanol–water partition coefficient (Wildman–Crippen LogP) is 2.06. The summed E-state index contributed by atoms with van der Waals surface area (Å²) in [6.45, 7) is 11.2. The Bertz CT molecular complexity index is 861. The molecule has 0 spiro atoms. The lowest BCUT2D eigenvalue weighted by Crippen LogP contribution is -2.63. The molecule has 3 amide bonds. The first-order chi connectivity index (χ1) is 15.6. The first-order valence-corrected chi connectivity index (χ1v) is 10.9. The molecule has 34 heavy (non-hydrogen) atoms. The lowest BCUT2D eigenvalue weighted by atomic mass is 9.99. The number of hydrogen-bond acceptors (Lipinski definition) is 7. The molecule has 1 atom stereocenters. The van der Waals surface area contributed by atoms with E-state index in [1.165, 1.54) is 34.8 Å². The molecule has 0 fully saturated rings. The van der Waals surface area contributed by atoms with Crippen LogP contribution < -0.4 is 16.0 Å². The fourth-order valence-corrected chi connectivity index (χ4v) is 2.62. The van der Waals surface area contributed by atoms with Crippen LogP contribution in [0.2, 0.25) is 0 Å². The zero-order valence-corrected chi connectivity index (χ0v) is 21.2. The third-order valence-corrected chi connectivity index (χ3v) is 4.63. The molecule has 0 bridgehead atoms. The smallest absolute Gasteiger partial charge is 0.408 e. The fraction of sp³-hybridized carbons (Fsp3) is 0.583. The number of alkyl carbamates (subject to hydrolysis) is 1. The highest BCUT2D eigenvalue weighted by atomic mass is 16.6. The number of methoxy groups -OCH3 is 1. The van der Waals surface area contributed by atoms with Crippen molar-refractivity contribution in [2.75, 3.05) is 13.7 Å². The minimum Gasteiger partial charge on any atom is -0.467 e. The Morgan fingerprint density at radius 3 is 2.00 bits per heavy atom. The van der Waals surface area contributed by atoms with Crippen molar-refractivity contribution in [2.24, 2.45) is 0 Å². The van der Waals surface area contributed by atoms with Gasteiger partial charge in [0.2, 0.25) is 11.8 Å². The van der Waals surface area contributed by atoms with Crippen LogP contribution in [0.1, 0.15) is 54.0 Å². The summed E-state index contributed by atoms with van der Waals surface area (Å²) in [7, 11) is 1.21. The van der Waals surface area contributed by atoms with Crippen molar-refractivity contribution in [3.63, 3.8) is 0 Å². The van der Waals surface area contributed by atoms with Crippen LogP contribution in [0.25, 0.3) is 0 Å². The van der Waals surface area contributed by atoms with Crippen molar-refractivity contribution in [3.8, 4) is 0 Å². The molecule has 0 heterocycles. The largest absolute Gasteiger partial charge is 0.467 e. The van der Waals surface area contributed by atoms with Gasteiger partial charge < -0.3 is 30.2 Å². The second-order valence-corrected chi connectivity index (χ2v) is 9.87. The number of esters is 1. The summed E-state index contributed by atoms with van der Waals surface area (Å²) in [5.74, 6) is -1.91. The Labute approximate surface area is 201 Å². The average Bonchev–Trinajstić information content (AvgIpc) is 2.73. The molecule has 1 aromatic rings. The molecule has 190 valence electrons. The van der Waals surface area contributed by atoms with Gasteiger partial charge in [-0.1, -0.05) is 30.3 Å². The fourth-order valence-electron chi connectivity index (χ4n) is 2.62. The summed E-state index contributed by atoms with van der Waals surface area (Å²) in [5.41, 5.74) is -2.51. The highest BCUT2D eigenvalue weighted by Gasteiger charge is 2.39. The van der Waals surface area contributed by atoms with E-state index in [9.17, 15) is 19.2 Å². The number of rotatable bonds is 10. The molecule has 10 heteroatoms. The molecule has 0 saturated carbocycles. The molecule has 0 saturated heterocycles. The summed E-state index contributed by atoms with van der Waals surface area (Å²) in [6, 6.07) is 7.95. The van der Waals surface area contributed by atoms with Gasteiger partial charge in [0.1, 0.15) is 23.7 Å². The molecular weight excluding hydrogens is 442 g/mol. The summed E-state index contributed by atoms with van der Waals surface area (Å²) < 4.78 is 15.6. The van der Waals surface area contributed by atoms with Crippen LogP contribution in [0.4, 0.5) is 4.79 Å². The second-order valence-electron chi connectivity index (χ2n) is 9.87. The molecule has 0 aliphatic rings. The standard InChI is InChI=1S/C24H37N3O7/c1-22(2,3)34-15-17(25-21(31)33-14-16-12-10-9-11-13-16)18(28)26-23(4,5)19(29)27-24(6,7)20(30)32-8/h9-13,17H,14-15H2,1-8H3,(H,25,31)(H,26,28)(H,27,29)/t17-/m0/s1. The van der Waals surface area contributed by atoms with E-state index in [1.54, 1.807) is 12.1 Å². The Morgan fingerprint density at radius 1 is 0.882 bits per heavy atom. The second kappa shape index (κ2) is 11.8. The average molecular weight is 480 g/mol. The first kappa shape index (κ1) is 28.9. The van der Waals surface area contributed by atoms with Crippen molar-refractivity contribution in [2.45, 2.75) is 77.8 Å². The van der Waals surface area contributed by atoms with E-state index in [2.05, 4.69) is 16.0 Å². The Balaban J connectivity index is 2.87. The SMILES string of the molecule is COC(=O)C(C)(C)NC(=O)C(C)(C)NC(=O)[C@H](COC(C)(C)C)NC(=O)OCc1ccccc1. The number of carbonyl (C=O) groups is 4. The van der Waals surface area contributed by atoms with E-state index < -0.39 is 46.6 Å². The summed E-state index contributed by atoms with van der Waals surface area (Å²) in [6.07, 6.45) is -0.810. The number of carbonyl (C=O) groups excluding carboxylic acids is 4. The van der Waals surface area contributed by atoms with Gasteiger partial charge in [0.15, 0.2) is 0 Å². The number of ether oxygens (including phenoxy) is 3. The van der Waals surface area contributed by atoms with Crippen LogP contribution in [-0.4, -0.2) is 60.3 Å². The van der Waals surface area contributed by atoms with Gasteiger partial charge in [0.05, 0.1) is 19.3 Å². The van der Waals surface area contributed by atoms with Gasteiger partial charge in [-0.3, -0.25) is 9.59 Å². The third kappa shape index (κ3) is 9.78. The lowest BCUT2D eigenvalue weighted by Gasteiger charge is -2.32. The zero-order chi connectivity index (χ0) is 26.2. The number of nitrogens with one attached hydrogen (secondary N) is 3. The van der Waals surface area contributed by atoms with Crippen molar-refractivity contribution < 1.29 is 33.4 Å². The molecule has 0 aromatic heterocycles. The quantitative estimate of drug-likeness (QED) is 0.438. The molecule has 0 aliphatic carbocycles.